The standard InChI is InChI=1S/C10H11ClN4/c11-8-10-12-13-14-15(10)7-6-9-4-2-1-3-5-9/h1-5H,6-8H2. The quantitative estimate of drug-likeness (QED) is 0.739. The normalized spacial score (nSPS) is 10.5. The van der Waals surface area contributed by atoms with E-state index in [0.29, 0.717) is 11.7 Å². The van der Waals surface area contributed by atoms with E-state index in [0.717, 1.165) is 13.0 Å². The number of aromatic nitrogens is 4. The van der Waals surface area contributed by atoms with Gasteiger partial charge < -0.3 is 0 Å². The van der Waals surface area contributed by atoms with Gasteiger partial charge in [-0.2, -0.15) is 0 Å². The Morgan fingerprint density at radius 3 is 2.73 bits per heavy atom. The lowest BCUT2D eigenvalue weighted by Crippen LogP contribution is -2.06. The van der Waals surface area contributed by atoms with Gasteiger partial charge in [-0.25, -0.2) is 4.68 Å². The highest BCUT2D eigenvalue weighted by Gasteiger charge is 2.03. The minimum Gasteiger partial charge on any atom is -0.228 e. The van der Waals surface area contributed by atoms with Crippen molar-refractivity contribution in [3.05, 3.63) is 41.7 Å². The lowest BCUT2D eigenvalue weighted by molar-refractivity contribution is 0.573. The Hall–Kier alpha value is -1.42. The largest absolute Gasteiger partial charge is 0.228 e. The summed E-state index contributed by atoms with van der Waals surface area (Å²) in [7, 11) is 0. The summed E-state index contributed by atoms with van der Waals surface area (Å²) >= 11 is 5.69. The molecule has 0 bridgehead atoms. The first-order valence-corrected chi connectivity index (χ1v) is 5.28. The summed E-state index contributed by atoms with van der Waals surface area (Å²) in [5.41, 5.74) is 1.27. The summed E-state index contributed by atoms with van der Waals surface area (Å²) in [6.07, 6.45) is 0.912. The zero-order chi connectivity index (χ0) is 10.5. The van der Waals surface area contributed by atoms with Crippen LogP contribution >= 0.6 is 11.6 Å². The van der Waals surface area contributed by atoms with Crippen LogP contribution < -0.4 is 0 Å². The van der Waals surface area contributed by atoms with Crippen LogP contribution in [0.5, 0.6) is 0 Å². The van der Waals surface area contributed by atoms with Crippen LogP contribution in [0.15, 0.2) is 30.3 Å². The second kappa shape index (κ2) is 4.89. The van der Waals surface area contributed by atoms with Gasteiger partial charge in [-0.05, 0) is 22.4 Å². The Bertz CT molecular complexity index is 412. The molecule has 0 N–H and O–H groups in total. The molecule has 4 nitrogen and oxygen atoms in total. The minimum atomic E-state index is 0.349. The minimum absolute atomic E-state index is 0.349. The van der Waals surface area contributed by atoms with Crippen LogP contribution in [0.4, 0.5) is 0 Å². The zero-order valence-electron chi connectivity index (χ0n) is 8.17. The fourth-order valence-corrected chi connectivity index (χ4v) is 1.56. The van der Waals surface area contributed by atoms with Gasteiger partial charge in [0.25, 0.3) is 0 Å². The molecular formula is C10H11ClN4. The fraction of sp³-hybridized carbons (Fsp3) is 0.300. The van der Waals surface area contributed by atoms with Crippen molar-refractivity contribution in [1.82, 2.24) is 20.2 Å². The van der Waals surface area contributed by atoms with E-state index in [1.54, 1.807) is 4.68 Å². The lowest BCUT2D eigenvalue weighted by atomic mass is 10.1. The highest BCUT2D eigenvalue weighted by Crippen LogP contribution is 2.03. The van der Waals surface area contributed by atoms with Crippen molar-refractivity contribution in [3.8, 4) is 0 Å². The maximum absolute atomic E-state index is 5.69. The van der Waals surface area contributed by atoms with Crippen LogP contribution in [0.1, 0.15) is 11.4 Å². The van der Waals surface area contributed by atoms with Crippen LogP contribution in [0, 0.1) is 0 Å². The molecule has 1 aromatic heterocycles. The van der Waals surface area contributed by atoms with E-state index in [2.05, 4.69) is 27.7 Å². The zero-order valence-corrected chi connectivity index (χ0v) is 8.93. The van der Waals surface area contributed by atoms with Crippen molar-refractivity contribution >= 4 is 11.6 Å². The van der Waals surface area contributed by atoms with Gasteiger partial charge in [-0.15, -0.1) is 16.7 Å². The second-order valence-electron chi connectivity index (χ2n) is 3.19. The number of aryl methyl sites for hydroxylation is 2. The lowest BCUT2D eigenvalue weighted by Gasteiger charge is -2.02. The molecule has 0 aliphatic heterocycles. The number of halogens is 1. The molecule has 1 aromatic carbocycles. The predicted molar refractivity (Wildman–Crippen MR) is 57.5 cm³/mol. The third-order valence-corrected chi connectivity index (χ3v) is 2.42. The van der Waals surface area contributed by atoms with Gasteiger partial charge in [-0.3, -0.25) is 0 Å². The number of rotatable bonds is 4. The van der Waals surface area contributed by atoms with Crippen molar-refractivity contribution in [2.75, 3.05) is 0 Å². The number of tetrazole rings is 1. The maximum atomic E-state index is 5.69. The van der Waals surface area contributed by atoms with E-state index in [-0.39, 0.29) is 0 Å². The molecule has 5 heteroatoms. The van der Waals surface area contributed by atoms with Crippen LogP contribution in [-0.4, -0.2) is 20.2 Å². The van der Waals surface area contributed by atoms with Gasteiger partial charge in [0.2, 0.25) is 0 Å². The van der Waals surface area contributed by atoms with Crippen LogP contribution in [0.3, 0.4) is 0 Å². The summed E-state index contributed by atoms with van der Waals surface area (Å²) in [5.74, 6) is 1.06. The van der Waals surface area contributed by atoms with Crippen molar-refractivity contribution in [2.45, 2.75) is 18.8 Å². The smallest absolute Gasteiger partial charge is 0.166 e. The molecule has 0 aliphatic carbocycles. The average molecular weight is 223 g/mol. The molecule has 2 rings (SSSR count). The molecule has 0 radical (unpaired) electrons. The van der Waals surface area contributed by atoms with E-state index in [9.17, 15) is 0 Å². The molecule has 0 spiro atoms. The van der Waals surface area contributed by atoms with Crippen molar-refractivity contribution < 1.29 is 0 Å². The monoisotopic (exact) mass is 222 g/mol. The van der Waals surface area contributed by atoms with Crippen molar-refractivity contribution in [3.63, 3.8) is 0 Å². The SMILES string of the molecule is ClCc1nnnn1CCc1ccccc1. The van der Waals surface area contributed by atoms with E-state index < -0.39 is 0 Å². The summed E-state index contributed by atoms with van der Waals surface area (Å²) in [5, 5.41) is 11.3. The number of hydrogen-bond donors (Lipinski definition) is 0. The fourth-order valence-electron chi connectivity index (χ4n) is 1.37. The highest BCUT2D eigenvalue weighted by molar-refractivity contribution is 6.16. The summed E-state index contributed by atoms with van der Waals surface area (Å²) in [4.78, 5) is 0. The third-order valence-electron chi connectivity index (χ3n) is 2.18. The molecule has 0 aliphatic rings. The van der Waals surface area contributed by atoms with E-state index in [1.165, 1.54) is 5.56 Å². The number of nitrogens with zero attached hydrogens (tertiary/aromatic N) is 4. The van der Waals surface area contributed by atoms with Gasteiger partial charge in [0.15, 0.2) is 5.82 Å². The number of alkyl halides is 1. The number of benzene rings is 1. The molecule has 78 valence electrons. The van der Waals surface area contributed by atoms with Crippen LogP contribution in [0.25, 0.3) is 0 Å². The summed E-state index contributed by atoms with van der Waals surface area (Å²) < 4.78 is 1.74. The van der Waals surface area contributed by atoms with Crippen LogP contribution in [0.2, 0.25) is 0 Å². The molecule has 0 amide bonds. The van der Waals surface area contributed by atoms with Gasteiger partial charge in [0.05, 0.1) is 5.88 Å². The molecular weight excluding hydrogens is 212 g/mol. The molecule has 1 heterocycles. The topological polar surface area (TPSA) is 43.6 Å². The van der Waals surface area contributed by atoms with Crippen molar-refractivity contribution in [1.29, 1.82) is 0 Å². The van der Waals surface area contributed by atoms with Crippen LogP contribution in [-0.2, 0) is 18.8 Å². The van der Waals surface area contributed by atoms with Gasteiger partial charge in [0.1, 0.15) is 0 Å². The van der Waals surface area contributed by atoms with Gasteiger partial charge in [0, 0.05) is 6.54 Å². The molecule has 0 fully saturated rings. The van der Waals surface area contributed by atoms with E-state index >= 15 is 0 Å². The predicted octanol–water partition coefficient (Wildman–Crippen LogP) is 1.65. The van der Waals surface area contributed by atoms with Gasteiger partial charge >= 0.3 is 0 Å². The Kier molecular flexibility index (Phi) is 3.29. The third kappa shape index (κ3) is 2.53. The Morgan fingerprint density at radius 2 is 2.00 bits per heavy atom. The summed E-state index contributed by atoms with van der Waals surface area (Å²) in [6.45, 7) is 0.763. The Morgan fingerprint density at radius 1 is 1.20 bits per heavy atom. The Balaban J connectivity index is 1.99. The molecule has 2 aromatic rings. The molecule has 15 heavy (non-hydrogen) atoms. The molecule has 0 atom stereocenters. The average Bonchev–Trinajstić information content (AvgIpc) is 2.75. The van der Waals surface area contributed by atoms with Gasteiger partial charge in [-0.1, -0.05) is 30.3 Å². The molecule has 0 unspecified atom stereocenters. The Labute approximate surface area is 92.9 Å². The highest BCUT2D eigenvalue weighted by atomic mass is 35.5. The first-order chi connectivity index (χ1) is 7.40. The van der Waals surface area contributed by atoms with E-state index in [4.69, 9.17) is 11.6 Å². The first-order valence-electron chi connectivity index (χ1n) is 4.75. The number of hydrogen-bond acceptors (Lipinski definition) is 3. The van der Waals surface area contributed by atoms with Crippen molar-refractivity contribution in [2.24, 2.45) is 0 Å². The molecule has 0 saturated carbocycles. The first kappa shape index (κ1) is 10.1. The van der Waals surface area contributed by atoms with E-state index in [1.807, 2.05) is 18.2 Å². The maximum Gasteiger partial charge on any atom is 0.166 e. The second-order valence-corrected chi connectivity index (χ2v) is 3.45. The molecule has 0 saturated heterocycles. The summed E-state index contributed by atoms with van der Waals surface area (Å²) in [6, 6.07) is 10.2.